The van der Waals surface area contributed by atoms with Crippen molar-refractivity contribution >= 4 is 5.91 Å². The van der Waals surface area contributed by atoms with Gasteiger partial charge in [0.1, 0.15) is 12.4 Å². The van der Waals surface area contributed by atoms with E-state index in [4.69, 9.17) is 0 Å². The predicted octanol–water partition coefficient (Wildman–Crippen LogP) is 1.95. The Labute approximate surface area is 142 Å². The van der Waals surface area contributed by atoms with Crippen molar-refractivity contribution in [2.24, 2.45) is 5.92 Å². The molecule has 0 radical (unpaired) electrons. The van der Waals surface area contributed by atoms with E-state index in [1.165, 1.54) is 23.9 Å². The molecule has 1 amide bonds. The van der Waals surface area contributed by atoms with Crippen LogP contribution < -0.4 is 5.69 Å². The van der Waals surface area contributed by atoms with Crippen molar-refractivity contribution in [2.75, 3.05) is 0 Å². The maximum Gasteiger partial charge on any atom is 0.346 e. The number of carbonyl (C=O) groups excluding carboxylic acids is 1. The molecule has 0 aromatic carbocycles. The third kappa shape index (κ3) is 2.70. The number of hydrogen-bond acceptors (Lipinski definition) is 3. The lowest BCUT2D eigenvalue weighted by molar-refractivity contribution is -0.135. The number of aromatic nitrogens is 3. The van der Waals surface area contributed by atoms with Gasteiger partial charge in [0.25, 0.3) is 0 Å². The lowest BCUT2D eigenvalue weighted by Crippen LogP contribution is -2.45. The molecule has 132 valence electrons. The summed E-state index contributed by atoms with van der Waals surface area (Å²) in [6.45, 7) is 3.00. The molecule has 3 heterocycles. The number of aryl methyl sites for hydroxylation is 1. The minimum atomic E-state index is -0.104. The Balaban J connectivity index is 1.53. The Bertz CT molecular complexity index is 677. The SMILES string of the molecule is C[C@@H]1C[C@H]2CCCC[C@@H]2N1C(=O)Cn1nc2n(c1=O)CCCCC2. The molecule has 1 aromatic rings. The number of rotatable bonds is 2. The predicted molar refractivity (Wildman–Crippen MR) is 90.7 cm³/mol. The molecule has 3 aliphatic rings. The maximum atomic E-state index is 12.9. The van der Waals surface area contributed by atoms with Crippen LogP contribution in [-0.2, 0) is 24.3 Å². The van der Waals surface area contributed by atoms with Crippen molar-refractivity contribution in [3.8, 4) is 0 Å². The van der Waals surface area contributed by atoms with Crippen LogP contribution in [0.5, 0.6) is 0 Å². The summed E-state index contributed by atoms with van der Waals surface area (Å²) in [6.07, 6.45) is 10.1. The third-order valence-electron chi connectivity index (χ3n) is 6.20. The van der Waals surface area contributed by atoms with Gasteiger partial charge in [-0.15, -0.1) is 0 Å². The Hall–Kier alpha value is -1.59. The Morgan fingerprint density at radius 2 is 2.00 bits per heavy atom. The smallest absolute Gasteiger partial charge is 0.335 e. The highest BCUT2D eigenvalue weighted by Gasteiger charge is 2.42. The highest BCUT2D eigenvalue weighted by atomic mass is 16.2. The van der Waals surface area contributed by atoms with Crippen molar-refractivity contribution in [3.05, 3.63) is 16.3 Å². The quantitative estimate of drug-likeness (QED) is 0.832. The molecule has 1 saturated heterocycles. The minimum Gasteiger partial charge on any atom is -0.335 e. The van der Waals surface area contributed by atoms with Gasteiger partial charge in [0.15, 0.2) is 0 Å². The zero-order valence-electron chi connectivity index (χ0n) is 14.6. The fraction of sp³-hybridized carbons (Fsp3) is 0.833. The topological polar surface area (TPSA) is 60.1 Å². The van der Waals surface area contributed by atoms with Gasteiger partial charge in [0.05, 0.1) is 0 Å². The van der Waals surface area contributed by atoms with Gasteiger partial charge in [-0.3, -0.25) is 9.36 Å². The lowest BCUT2D eigenvalue weighted by atomic mass is 9.85. The van der Waals surface area contributed by atoms with Crippen molar-refractivity contribution in [1.82, 2.24) is 19.2 Å². The van der Waals surface area contributed by atoms with Gasteiger partial charge in [0, 0.05) is 25.0 Å². The molecule has 3 atom stereocenters. The molecule has 0 N–H and O–H groups in total. The Morgan fingerprint density at radius 1 is 1.17 bits per heavy atom. The van der Waals surface area contributed by atoms with Gasteiger partial charge in [-0.05, 0) is 44.9 Å². The van der Waals surface area contributed by atoms with Crippen LogP contribution >= 0.6 is 0 Å². The summed E-state index contributed by atoms with van der Waals surface area (Å²) in [5.41, 5.74) is -0.104. The van der Waals surface area contributed by atoms with Crippen molar-refractivity contribution in [3.63, 3.8) is 0 Å². The second-order valence-electron chi connectivity index (χ2n) is 7.82. The number of carbonyl (C=O) groups is 1. The van der Waals surface area contributed by atoms with E-state index in [0.717, 1.165) is 50.9 Å². The van der Waals surface area contributed by atoms with Gasteiger partial charge in [0.2, 0.25) is 5.91 Å². The molecule has 1 aliphatic carbocycles. The van der Waals surface area contributed by atoms with Gasteiger partial charge < -0.3 is 4.90 Å². The molecule has 1 aromatic heterocycles. The number of likely N-dealkylation sites (tertiary alicyclic amines) is 1. The summed E-state index contributed by atoms with van der Waals surface area (Å²) in [7, 11) is 0. The zero-order valence-corrected chi connectivity index (χ0v) is 14.6. The largest absolute Gasteiger partial charge is 0.346 e. The first-order valence-corrected chi connectivity index (χ1v) is 9.63. The van der Waals surface area contributed by atoms with Gasteiger partial charge in [-0.2, -0.15) is 5.10 Å². The van der Waals surface area contributed by atoms with E-state index in [-0.39, 0.29) is 18.1 Å². The van der Waals surface area contributed by atoms with Gasteiger partial charge in [-0.25, -0.2) is 9.48 Å². The average Bonchev–Trinajstić information content (AvgIpc) is 2.93. The van der Waals surface area contributed by atoms with Gasteiger partial charge >= 0.3 is 5.69 Å². The molecule has 6 nitrogen and oxygen atoms in total. The lowest BCUT2D eigenvalue weighted by Gasteiger charge is -2.33. The monoisotopic (exact) mass is 332 g/mol. The molecule has 24 heavy (non-hydrogen) atoms. The fourth-order valence-corrected chi connectivity index (χ4v) is 5.08. The van der Waals surface area contributed by atoms with Crippen molar-refractivity contribution < 1.29 is 4.79 Å². The Kier molecular flexibility index (Phi) is 4.22. The zero-order chi connectivity index (χ0) is 16.7. The molecular formula is C18H28N4O2. The molecule has 4 rings (SSSR count). The van der Waals surface area contributed by atoms with Crippen LogP contribution in [0.2, 0.25) is 0 Å². The average molecular weight is 332 g/mol. The van der Waals surface area contributed by atoms with E-state index in [1.54, 1.807) is 4.57 Å². The first-order chi connectivity index (χ1) is 11.6. The van der Waals surface area contributed by atoms with Crippen LogP contribution in [0.15, 0.2) is 4.79 Å². The van der Waals surface area contributed by atoms with E-state index < -0.39 is 0 Å². The van der Waals surface area contributed by atoms with Crippen LogP contribution in [-0.4, -0.2) is 37.2 Å². The van der Waals surface area contributed by atoms with E-state index in [9.17, 15) is 9.59 Å². The highest BCUT2D eigenvalue weighted by Crippen LogP contribution is 2.39. The third-order valence-corrected chi connectivity index (χ3v) is 6.20. The molecule has 0 spiro atoms. The van der Waals surface area contributed by atoms with E-state index in [1.807, 2.05) is 0 Å². The van der Waals surface area contributed by atoms with Crippen molar-refractivity contribution in [1.29, 1.82) is 0 Å². The molecule has 6 heteroatoms. The van der Waals surface area contributed by atoms with E-state index >= 15 is 0 Å². The van der Waals surface area contributed by atoms with Crippen LogP contribution in [0.1, 0.15) is 64.1 Å². The Morgan fingerprint density at radius 3 is 2.88 bits per heavy atom. The second-order valence-corrected chi connectivity index (χ2v) is 7.82. The number of amides is 1. The number of nitrogens with zero attached hydrogens (tertiary/aromatic N) is 4. The van der Waals surface area contributed by atoms with E-state index in [0.29, 0.717) is 18.0 Å². The molecular weight excluding hydrogens is 304 g/mol. The van der Waals surface area contributed by atoms with Crippen LogP contribution in [0, 0.1) is 5.92 Å². The molecule has 2 fully saturated rings. The summed E-state index contributed by atoms with van der Waals surface area (Å²) in [6, 6.07) is 0.680. The summed E-state index contributed by atoms with van der Waals surface area (Å²) in [4.78, 5) is 27.6. The molecule has 0 unspecified atom stereocenters. The van der Waals surface area contributed by atoms with Crippen molar-refractivity contribution in [2.45, 2.75) is 89.9 Å². The summed E-state index contributed by atoms with van der Waals surface area (Å²) in [5, 5.41) is 4.47. The standard InChI is InChI=1S/C18H28N4O2/c1-13-11-14-7-4-5-8-15(14)22(13)17(23)12-21-18(24)20-10-6-2-3-9-16(20)19-21/h13-15H,2-12H2,1H3/t13-,14-,15+/m1/s1. The fourth-order valence-electron chi connectivity index (χ4n) is 5.08. The van der Waals surface area contributed by atoms with Crippen LogP contribution in [0.25, 0.3) is 0 Å². The summed E-state index contributed by atoms with van der Waals surface area (Å²) in [5.74, 6) is 1.59. The summed E-state index contributed by atoms with van der Waals surface area (Å²) < 4.78 is 3.18. The second kappa shape index (κ2) is 6.37. The molecule has 2 aliphatic heterocycles. The van der Waals surface area contributed by atoms with Crippen LogP contribution in [0.4, 0.5) is 0 Å². The number of hydrogen-bond donors (Lipinski definition) is 0. The first kappa shape index (κ1) is 15.9. The minimum absolute atomic E-state index is 0.0762. The maximum absolute atomic E-state index is 12.9. The van der Waals surface area contributed by atoms with Gasteiger partial charge in [-0.1, -0.05) is 19.3 Å². The first-order valence-electron chi connectivity index (χ1n) is 9.63. The summed E-state index contributed by atoms with van der Waals surface area (Å²) >= 11 is 0. The number of fused-ring (bicyclic) bond motifs is 2. The molecule has 0 bridgehead atoms. The molecule has 1 saturated carbocycles. The van der Waals surface area contributed by atoms with Crippen LogP contribution in [0.3, 0.4) is 0 Å². The normalized spacial score (nSPS) is 29.9. The van der Waals surface area contributed by atoms with E-state index in [2.05, 4.69) is 16.9 Å². The highest BCUT2D eigenvalue weighted by molar-refractivity contribution is 5.77.